The number of ether oxygens (including phenoxy) is 3. The number of carbonyl (C=O) groups excluding carboxylic acids is 1. The average molecular weight is 537 g/mol. The molecule has 1 atom stereocenters. The second-order valence-corrected chi connectivity index (χ2v) is 22.4. The van der Waals surface area contributed by atoms with E-state index in [1.54, 1.807) is 17.0 Å². The van der Waals surface area contributed by atoms with Crippen LogP contribution in [-0.4, -0.2) is 60.5 Å². The summed E-state index contributed by atoms with van der Waals surface area (Å²) in [6.07, 6.45) is -0.972. The van der Waals surface area contributed by atoms with Crippen molar-refractivity contribution in [3.05, 3.63) is 27.7 Å². The fraction of sp³-hybridized carbons (Fsp3) is 0.696. The molecule has 1 unspecified atom stereocenters. The number of cyclic esters (lactones) is 1. The van der Waals surface area contributed by atoms with Gasteiger partial charge in [0.1, 0.15) is 5.75 Å². The Hall–Kier alpha value is -0.776. The molecule has 6 nitrogen and oxygen atoms in total. The lowest BCUT2D eigenvalue weighted by Crippen LogP contribution is -2.42. The number of halogens is 2. The summed E-state index contributed by atoms with van der Waals surface area (Å²) in [6, 6.07) is 4.46. The molecule has 2 rings (SSSR count). The normalized spacial score (nSPS) is 17.5. The van der Waals surface area contributed by atoms with Gasteiger partial charge in [-0.2, -0.15) is 0 Å². The molecule has 0 spiro atoms. The van der Waals surface area contributed by atoms with Crippen LogP contribution in [0.1, 0.15) is 32.4 Å². The Balaban J connectivity index is 2.01. The van der Waals surface area contributed by atoms with Gasteiger partial charge in [-0.1, -0.05) is 63.6 Å². The van der Waals surface area contributed by atoms with E-state index >= 15 is 0 Å². The van der Waals surface area contributed by atoms with Crippen LogP contribution < -0.4 is 4.74 Å². The quantitative estimate of drug-likeness (QED) is 0.170. The third-order valence-electron chi connectivity index (χ3n) is 6.23. The Bertz CT molecular complexity index is 824. The smallest absolute Gasteiger partial charge is 0.410 e. The average Bonchev–Trinajstić information content (AvgIpc) is 3.02. The minimum absolute atomic E-state index is 0.0974. The third kappa shape index (κ3) is 8.14. The largest absolute Gasteiger partial charge is 0.467 e. The molecule has 1 heterocycles. The summed E-state index contributed by atoms with van der Waals surface area (Å²) in [5.74, 6) is 0.509. The highest BCUT2D eigenvalue weighted by atomic mass is 35.5. The van der Waals surface area contributed by atoms with Gasteiger partial charge < -0.3 is 23.5 Å². The molecular weight excluding hydrogens is 497 g/mol. The topological polar surface area (TPSA) is 57.2 Å². The Morgan fingerprint density at radius 1 is 1.12 bits per heavy atom. The van der Waals surface area contributed by atoms with Crippen molar-refractivity contribution in [1.29, 1.82) is 0 Å². The Kier molecular flexibility index (Phi) is 9.75. The van der Waals surface area contributed by atoms with E-state index < -0.39 is 28.6 Å². The molecule has 1 fully saturated rings. The van der Waals surface area contributed by atoms with Gasteiger partial charge in [0, 0.05) is 21.2 Å². The van der Waals surface area contributed by atoms with Crippen molar-refractivity contribution in [1.82, 2.24) is 4.90 Å². The summed E-state index contributed by atoms with van der Waals surface area (Å²) in [7, 11) is -3.06. The van der Waals surface area contributed by atoms with Crippen LogP contribution in [0.2, 0.25) is 53.9 Å². The molecule has 0 radical (unpaired) electrons. The van der Waals surface area contributed by atoms with Crippen molar-refractivity contribution < 1.29 is 23.4 Å². The standard InChI is InChI=1S/C23H39Cl2NO5Si2/c1-23(2,3)33(7,8)30-12-11-26-15-19(31-22(26)27)20-18(10-9-17(24)21(20)25)29-16-28-13-14-32(4,5)6/h9-10,19H,11-16H2,1-8H3. The van der Waals surface area contributed by atoms with Crippen molar-refractivity contribution in [3.8, 4) is 5.75 Å². The van der Waals surface area contributed by atoms with Crippen molar-refractivity contribution in [2.75, 3.05) is 33.1 Å². The molecule has 1 amide bonds. The molecule has 0 N–H and O–H groups in total. The number of hydrogen-bond acceptors (Lipinski definition) is 5. The third-order valence-corrected chi connectivity index (χ3v) is 13.3. The molecule has 33 heavy (non-hydrogen) atoms. The number of amides is 1. The monoisotopic (exact) mass is 535 g/mol. The molecule has 0 aromatic heterocycles. The van der Waals surface area contributed by atoms with E-state index in [9.17, 15) is 4.79 Å². The van der Waals surface area contributed by atoms with Gasteiger partial charge in [0.2, 0.25) is 0 Å². The van der Waals surface area contributed by atoms with Crippen molar-refractivity contribution in [2.24, 2.45) is 0 Å². The number of carbonyl (C=O) groups is 1. The SMILES string of the molecule is CC(C)(C)[Si](C)(C)OCCN1CC(c2c(OCOCC[Si](C)(C)C)ccc(Cl)c2Cl)OC1=O. The molecule has 1 saturated heterocycles. The lowest BCUT2D eigenvalue weighted by atomic mass is 10.1. The van der Waals surface area contributed by atoms with Gasteiger partial charge in [-0.3, -0.25) is 0 Å². The summed E-state index contributed by atoms with van der Waals surface area (Å²) in [5.41, 5.74) is 0.569. The van der Waals surface area contributed by atoms with Crippen LogP contribution in [0.4, 0.5) is 4.79 Å². The zero-order valence-corrected chi connectivity index (χ0v) is 24.7. The lowest BCUT2D eigenvalue weighted by molar-refractivity contribution is 0.0202. The molecule has 1 aliphatic heterocycles. The minimum atomic E-state index is -1.89. The van der Waals surface area contributed by atoms with E-state index in [0.29, 0.717) is 47.7 Å². The molecule has 1 aromatic rings. The van der Waals surface area contributed by atoms with Gasteiger partial charge in [0.05, 0.1) is 28.8 Å². The maximum Gasteiger partial charge on any atom is 0.410 e. The predicted octanol–water partition coefficient (Wildman–Crippen LogP) is 7.20. The molecule has 0 bridgehead atoms. The van der Waals surface area contributed by atoms with Crippen LogP contribution in [-0.2, 0) is 13.9 Å². The molecular formula is C23H39Cl2NO5Si2. The molecule has 10 heteroatoms. The number of benzene rings is 1. The first kappa shape index (κ1) is 28.5. The van der Waals surface area contributed by atoms with Crippen LogP contribution in [0.5, 0.6) is 5.75 Å². The highest BCUT2D eigenvalue weighted by Crippen LogP contribution is 2.41. The van der Waals surface area contributed by atoms with Crippen LogP contribution in [0.3, 0.4) is 0 Å². The van der Waals surface area contributed by atoms with E-state index in [4.69, 9.17) is 41.8 Å². The summed E-state index contributed by atoms with van der Waals surface area (Å²) >= 11 is 12.8. The summed E-state index contributed by atoms with van der Waals surface area (Å²) in [6.45, 7) is 19.9. The van der Waals surface area contributed by atoms with Crippen LogP contribution in [0.25, 0.3) is 0 Å². The molecule has 1 aliphatic rings. The Morgan fingerprint density at radius 2 is 1.79 bits per heavy atom. The molecule has 0 aliphatic carbocycles. The highest BCUT2D eigenvalue weighted by molar-refractivity contribution is 6.76. The summed E-state index contributed by atoms with van der Waals surface area (Å²) < 4.78 is 23.4. The van der Waals surface area contributed by atoms with E-state index in [1.165, 1.54) is 0 Å². The fourth-order valence-corrected chi connectivity index (χ4v) is 5.22. The number of rotatable bonds is 11. The van der Waals surface area contributed by atoms with E-state index in [1.807, 2.05) is 0 Å². The second-order valence-electron chi connectivity index (χ2n) is 11.2. The minimum Gasteiger partial charge on any atom is -0.467 e. The maximum absolute atomic E-state index is 12.5. The van der Waals surface area contributed by atoms with Crippen molar-refractivity contribution in [2.45, 2.75) is 70.7 Å². The first-order chi connectivity index (χ1) is 15.1. The number of hydrogen-bond donors (Lipinski definition) is 0. The molecule has 1 aromatic carbocycles. The van der Waals surface area contributed by atoms with Crippen LogP contribution in [0.15, 0.2) is 12.1 Å². The lowest BCUT2D eigenvalue weighted by Gasteiger charge is -2.36. The number of nitrogens with zero attached hydrogens (tertiary/aromatic N) is 1. The van der Waals surface area contributed by atoms with Crippen LogP contribution in [0, 0.1) is 0 Å². The summed E-state index contributed by atoms with van der Waals surface area (Å²) in [5, 5.41) is 0.821. The zero-order chi connectivity index (χ0) is 25.0. The maximum atomic E-state index is 12.5. The van der Waals surface area contributed by atoms with Gasteiger partial charge in [-0.25, -0.2) is 4.79 Å². The van der Waals surface area contributed by atoms with E-state index in [2.05, 4.69) is 53.5 Å². The fourth-order valence-electron chi connectivity index (χ4n) is 2.99. The van der Waals surface area contributed by atoms with Gasteiger partial charge in [0.25, 0.3) is 0 Å². The second kappa shape index (κ2) is 11.3. The van der Waals surface area contributed by atoms with Gasteiger partial charge in [-0.05, 0) is 36.3 Å². The van der Waals surface area contributed by atoms with Gasteiger partial charge in [0.15, 0.2) is 21.2 Å². The van der Waals surface area contributed by atoms with Gasteiger partial charge in [-0.15, -0.1) is 0 Å². The van der Waals surface area contributed by atoms with E-state index in [0.717, 1.165) is 6.04 Å². The molecule has 0 saturated carbocycles. The summed E-state index contributed by atoms with van der Waals surface area (Å²) in [4.78, 5) is 14.2. The van der Waals surface area contributed by atoms with Crippen molar-refractivity contribution >= 4 is 45.7 Å². The molecule has 188 valence electrons. The Morgan fingerprint density at radius 3 is 2.39 bits per heavy atom. The predicted molar refractivity (Wildman–Crippen MR) is 140 cm³/mol. The van der Waals surface area contributed by atoms with Gasteiger partial charge >= 0.3 is 6.09 Å². The first-order valence-corrected chi connectivity index (χ1v) is 18.8. The van der Waals surface area contributed by atoms with E-state index in [-0.39, 0.29) is 11.8 Å². The van der Waals surface area contributed by atoms with Crippen LogP contribution >= 0.6 is 23.2 Å². The highest BCUT2D eigenvalue weighted by Gasteiger charge is 2.39. The zero-order valence-electron chi connectivity index (χ0n) is 21.2. The Labute approximate surface area is 210 Å². The van der Waals surface area contributed by atoms with Crippen molar-refractivity contribution in [3.63, 3.8) is 0 Å². The first-order valence-electron chi connectivity index (χ1n) is 11.4.